The number of nitrogens with two attached hydrogens (primary N) is 2. The number of nitrogen functional groups attached to an aromatic ring is 1. The molecule has 0 spiro atoms. The van der Waals surface area contributed by atoms with Gasteiger partial charge in [0.05, 0.1) is 12.2 Å². The van der Waals surface area contributed by atoms with E-state index in [-0.39, 0.29) is 0 Å². The first kappa shape index (κ1) is 8.50. The third-order valence-electron chi connectivity index (χ3n) is 2.70. The van der Waals surface area contributed by atoms with Crippen molar-refractivity contribution in [3.8, 4) is 0 Å². The summed E-state index contributed by atoms with van der Waals surface area (Å²) in [5.41, 5.74) is 11.1. The zero-order valence-electron chi connectivity index (χ0n) is 7.56. The van der Waals surface area contributed by atoms with Crippen molar-refractivity contribution in [3.63, 3.8) is 0 Å². The van der Waals surface area contributed by atoms with Crippen molar-refractivity contribution in [1.29, 1.82) is 0 Å². The number of rotatable bonds is 2. The second kappa shape index (κ2) is 3.33. The van der Waals surface area contributed by atoms with E-state index in [1.165, 1.54) is 6.42 Å². The third-order valence-corrected chi connectivity index (χ3v) is 2.70. The lowest BCUT2D eigenvalue weighted by molar-refractivity contribution is 0.399. The van der Waals surface area contributed by atoms with E-state index >= 15 is 0 Å². The van der Waals surface area contributed by atoms with Gasteiger partial charge in [0.1, 0.15) is 0 Å². The van der Waals surface area contributed by atoms with Crippen LogP contribution in [0.25, 0.3) is 0 Å². The van der Waals surface area contributed by atoms with E-state index in [4.69, 9.17) is 11.5 Å². The molecular weight excluding hydrogens is 166 g/mol. The lowest BCUT2D eigenvalue weighted by atomic mass is 10.1. The van der Waals surface area contributed by atoms with Gasteiger partial charge in [-0.2, -0.15) is 9.90 Å². The smallest absolute Gasteiger partial charge is 0.165 e. The van der Waals surface area contributed by atoms with E-state index < -0.39 is 0 Å². The molecule has 1 aliphatic rings. The van der Waals surface area contributed by atoms with Gasteiger partial charge in [-0.1, -0.05) is 0 Å². The summed E-state index contributed by atoms with van der Waals surface area (Å²) in [6, 6.07) is 0.408. The maximum atomic E-state index is 5.60. The van der Waals surface area contributed by atoms with E-state index in [1.54, 1.807) is 11.0 Å². The fourth-order valence-corrected chi connectivity index (χ4v) is 1.94. The van der Waals surface area contributed by atoms with Crippen LogP contribution >= 0.6 is 0 Å². The summed E-state index contributed by atoms with van der Waals surface area (Å²) < 4.78 is 0. The Morgan fingerprint density at radius 3 is 2.92 bits per heavy atom. The highest BCUT2D eigenvalue weighted by molar-refractivity contribution is 5.19. The van der Waals surface area contributed by atoms with Crippen molar-refractivity contribution in [2.75, 3.05) is 12.3 Å². The van der Waals surface area contributed by atoms with Gasteiger partial charge < -0.3 is 11.5 Å². The lowest BCUT2D eigenvalue weighted by Gasteiger charge is -2.08. The Hall–Kier alpha value is -1.10. The molecule has 0 radical (unpaired) electrons. The Labute approximate surface area is 77.1 Å². The van der Waals surface area contributed by atoms with Crippen molar-refractivity contribution in [1.82, 2.24) is 15.0 Å². The van der Waals surface area contributed by atoms with E-state index in [9.17, 15) is 0 Å². The molecule has 5 heteroatoms. The molecule has 2 atom stereocenters. The van der Waals surface area contributed by atoms with Crippen LogP contribution in [0.2, 0.25) is 0 Å². The predicted octanol–water partition coefficient (Wildman–Crippen LogP) is 0.160. The number of anilines is 1. The molecule has 1 heterocycles. The van der Waals surface area contributed by atoms with Crippen LogP contribution in [0.5, 0.6) is 0 Å². The average molecular weight is 181 g/mol. The molecule has 0 aliphatic heterocycles. The lowest BCUT2D eigenvalue weighted by Crippen LogP contribution is -2.13. The standard InChI is InChI=1S/C8H15N5/c9-4-6-1-2-7(3-6)13-11-5-8(10)12-13/h5-7H,1-4,9H2,(H2,10,12). The summed E-state index contributed by atoms with van der Waals surface area (Å²) in [7, 11) is 0. The maximum Gasteiger partial charge on any atom is 0.165 e. The predicted molar refractivity (Wildman–Crippen MR) is 49.9 cm³/mol. The molecule has 4 N–H and O–H groups in total. The van der Waals surface area contributed by atoms with Crippen LogP contribution in [0.4, 0.5) is 5.82 Å². The van der Waals surface area contributed by atoms with Crippen LogP contribution in [0.1, 0.15) is 25.3 Å². The molecule has 1 aliphatic carbocycles. The Morgan fingerprint density at radius 1 is 1.54 bits per heavy atom. The van der Waals surface area contributed by atoms with E-state index in [2.05, 4.69) is 10.2 Å². The van der Waals surface area contributed by atoms with Crippen LogP contribution in [0.3, 0.4) is 0 Å². The number of hydrogen-bond donors (Lipinski definition) is 2. The molecule has 1 fully saturated rings. The highest BCUT2D eigenvalue weighted by Gasteiger charge is 2.26. The van der Waals surface area contributed by atoms with Crippen LogP contribution in [-0.4, -0.2) is 21.5 Å². The van der Waals surface area contributed by atoms with Gasteiger partial charge >= 0.3 is 0 Å². The van der Waals surface area contributed by atoms with Gasteiger partial charge in [-0.3, -0.25) is 0 Å². The van der Waals surface area contributed by atoms with Crippen LogP contribution in [0.15, 0.2) is 6.20 Å². The molecule has 0 bridgehead atoms. The molecule has 1 saturated carbocycles. The Morgan fingerprint density at radius 2 is 2.38 bits per heavy atom. The molecule has 0 saturated heterocycles. The largest absolute Gasteiger partial charge is 0.381 e. The van der Waals surface area contributed by atoms with Gasteiger partial charge in [-0.25, -0.2) is 0 Å². The van der Waals surface area contributed by atoms with Gasteiger partial charge in [-0.05, 0) is 31.7 Å². The molecular formula is C8H15N5. The molecule has 1 aromatic heterocycles. The van der Waals surface area contributed by atoms with Gasteiger partial charge in [0.25, 0.3) is 0 Å². The summed E-state index contributed by atoms with van der Waals surface area (Å²) in [6.45, 7) is 0.771. The minimum atomic E-state index is 0.408. The fourth-order valence-electron chi connectivity index (χ4n) is 1.94. The first-order valence-corrected chi connectivity index (χ1v) is 4.67. The second-order valence-electron chi connectivity index (χ2n) is 3.66. The molecule has 13 heavy (non-hydrogen) atoms. The molecule has 72 valence electrons. The summed E-state index contributed by atoms with van der Waals surface area (Å²) in [6.07, 6.45) is 4.99. The molecule has 2 unspecified atom stereocenters. The minimum Gasteiger partial charge on any atom is -0.381 e. The average Bonchev–Trinajstić information content (AvgIpc) is 2.71. The van der Waals surface area contributed by atoms with Crippen molar-refractivity contribution in [2.24, 2.45) is 11.7 Å². The van der Waals surface area contributed by atoms with Crippen LogP contribution in [0, 0.1) is 5.92 Å². The van der Waals surface area contributed by atoms with Crippen molar-refractivity contribution >= 4 is 5.82 Å². The summed E-state index contributed by atoms with van der Waals surface area (Å²) in [5, 5.41) is 8.21. The molecule has 5 nitrogen and oxygen atoms in total. The normalized spacial score (nSPS) is 28.1. The van der Waals surface area contributed by atoms with Gasteiger partial charge in [0.2, 0.25) is 0 Å². The fraction of sp³-hybridized carbons (Fsp3) is 0.750. The number of nitrogens with zero attached hydrogens (tertiary/aromatic N) is 3. The zero-order chi connectivity index (χ0) is 9.26. The SMILES string of the molecule is NCC1CCC(n2ncc(N)n2)C1. The number of aromatic nitrogens is 3. The van der Waals surface area contributed by atoms with Crippen LogP contribution in [-0.2, 0) is 0 Å². The van der Waals surface area contributed by atoms with Gasteiger partial charge in [0.15, 0.2) is 5.82 Å². The maximum absolute atomic E-state index is 5.60. The second-order valence-corrected chi connectivity index (χ2v) is 3.66. The van der Waals surface area contributed by atoms with E-state index in [0.717, 1.165) is 19.4 Å². The minimum absolute atomic E-state index is 0.408. The van der Waals surface area contributed by atoms with E-state index in [0.29, 0.717) is 17.8 Å². The molecule has 1 aromatic rings. The third kappa shape index (κ3) is 1.65. The monoisotopic (exact) mass is 181 g/mol. The first-order valence-electron chi connectivity index (χ1n) is 4.67. The Kier molecular flexibility index (Phi) is 2.18. The summed E-state index contributed by atoms with van der Waals surface area (Å²) in [5.74, 6) is 1.13. The van der Waals surface area contributed by atoms with Crippen molar-refractivity contribution in [2.45, 2.75) is 25.3 Å². The van der Waals surface area contributed by atoms with Crippen molar-refractivity contribution < 1.29 is 0 Å². The van der Waals surface area contributed by atoms with Crippen molar-refractivity contribution in [3.05, 3.63) is 6.20 Å². The topological polar surface area (TPSA) is 82.8 Å². The number of hydrogen-bond acceptors (Lipinski definition) is 4. The molecule has 0 amide bonds. The Balaban J connectivity index is 2.03. The van der Waals surface area contributed by atoms with Gasteiger partial charge in [-0.15, -0.1) is 5.10 Å². The quantitative estimate of drug-likeness (QED) is 0.680. The van der Waals surface area contributed by atoms with Gasteiger partial charge in [0, 0.05) is 0 Å². The Bertz CT molecular complexity index is 282. The zero-order valence-corrected chi connectivity index (χ0v) is 7.56. The van der Waals surface area contributed by atoms with E-state index in [1.807, 2.05) is 0 Å². The molecule has 0 aromatic carbocycles. The molecule has 2 rings (SSSR count). The summed E-state index contributed by atoms with van der Waals surface area (Å²) in [4.78, 5) is 1.73. The highest BCUT2D eigenvalue weighted by atomic mass is 15.5. The first-order chi connectivity index (χ1) is 6.29. The highest BCUT2D eigenvalue weighted by Crippen LogP contribution is 2.32. The summed E-state index contributed by atoms with van der Waals surface area (Å²) >= 11 is 0. The van der Waals surface area contributed by atoms with Crippen LogP contribution < -0.4 is 11.5 Å².